The summed E-state index contributed by atoms with van der Waals surface area (Å²) in [5, 5.41) is 0. The van der Waals surface area contributed by atoms with E-state index in [1.807, 2.05) is 18.2 Å². The molecule has 128 valence electrons. The van der Waals surface area contributed by atoms with Gasteiger partial charge in [-0.05, 0) is 18.6 Å². The highest BCUT2D eigenvalue weighted by molar-refractivity contribution is 5.59. The smallest absolute Gasteiger partial charge is 0.252 e. The van der Waals surface area contributed by atoms with E-state index in [1.54, 1.807) is 13.2 Å². The number of methoxy groups -OCH3 is 1. The van der Waals surface area contributed by atoms with E-state index in [4.69, 9.17) is 4.74 Å². The molecule has 6 nitrogen and oxygen atoms in total. The zero-order chi connectivity index (χ0) is 16.9. The van der Waals surface area contributed by atoms with Crippen molar-refractivity contribution in [1.29, 1.82) is 0 Å². The first kappa shape index (κ1) is 16.4. The van der Waals surface area contributed by atoms with Crippen molar-refractivity contribution in [3.8, 4) is 5.75 Å². The summed E-state index contributed by atoms with van der Waals surface area (Å²) >= 11 is 0. The lowest BCUT2D eigenvalue weighted by atomic mass is 10.2. The van der Waals surface area contributed by atoms with Crippen LogP contribution in [-0.2, 0) is 6.42 Å². The molecule has 0 saturated carbocycles. The number of hydrogen-bond acceptors (Lipinski definition) is 5. The van der Waals surface area contributed by atoms with Crippen LogP contribution in [-0.4, -0.2) is 43.3 Å². The van der Waals surface area contributed by atoms with Gasteiger partial charge in [0.15, 0.2) is 0 Å². The Labute approximate surface area is 142 Å². The van der Waals surface area contributed by atoms with Gasteiger partial charge in [-0.3, -0.25) is 9.78 Å². The largest absolute Gasteiger partial charge is 0.495 e. The van der Waals surface area contributed by atoms with Crippen LogP contribution < -0.4 is 20.1 Å². The lowest BCUT2D eigenvalue weighted by Crippen LogP contribution is -2.47. The molecule has 24 heavy (non-hydrogen) atoms. The molecule has 0 radical (unpaired) electrons. The molecule has 1 fully saturated rings. The molecule has 6 heteroatoms. The highest BCUT2D eigenvalue weighted by Crippen LogP contribution is 2.28. The molecule has 1 aromatic carbocycles. The summed E-state index contributed by atoms with van der Waals surface area (Å²) in [7, 11) is 1.70. The normalized spacial score (nSPS) is 14.8. The van der Waals surface area contributed by atoms with Crippen molar-refractivity contribution >= 4 is 11.6 Å². The second-order valence-corrected chi connectivity index (χ2v) is 5.96. The minimum Gasteiger partial charge on any atom is -0.495 e. The zero-order valence-corrected chi connectivity index (χ0v) is 14.3. The first-order chi connectivity index (χ1) is 11.7. The van der Waals surface area contributed by atoms with Crippen LogP contribution in [0.25, 0.3) is 0 Å². The van der Waals surface area contributed by atoms with E-state index < -0.39 is 0 Å². The summed E-state index contributed by atoms with van der Waals surface area (Å²) in [5.74, 6) is 1.58. The summed E-state index contributed by atoms with van der Waals surface area (Å²) < 4.78 is 5.45. The number of aromatic nitrogens is 2. The first-order valence-electron chi connectivity index (χ1n) is 8.44. The van der Waals surface area contributed by atoms with Crippen LogP contribution in [0.5, 0.6) is 5.75 Å². The Kier molecular flexibility index (Phi) is 5.03. The number of benzene rings is 1. The molecule has 0 bridgehead atoms. The van der Waals surface area contributed by atoms with Crippen LogP contribution in [0.4, 0.5) is 11.6 Å². The number of piperazine rings is 1. The van der Waals surface area contributed by atoms with E-state index in [-0.39, 0.29) is 5.56 Å². The summed E-state index contributed by atoms with van der Waals surface area (Å²) in [6.07, 6.45) is 1.82. The Morgan fingerprint density at radius 1 is 1.17 bits per heavy atom. The predicted molar refractivity (Wildman–Crippen MR) is 96.3 cm³/mol. The second kappa shape index (κ2) is 7.38. The van der Waals surface area contributed by atoms with Crippen molar-refractivity contribution in [2.45, 2.75) is 19.8 Å². The number of nitrogens with one attached hydrogen (secondary N) is 1. The van der Waals surface area contributed by atoms with Crippen molar-refractivity contribution in [1.82, 2.24) is 9.97 Å². The number of anilines is 2. The Morgan fingerprint density at radius 3 is 2.58 bits per heavy atom. The third kappa shape index (κ3) is 3.53. The van der Waals surface area contributed by atoms with E-state index in [0.717, 1.165) is 56.2 Å². The Hall–Kier alpha value is -2.50. The summed E-state index contributed by atoms with van der Waals surface area (Å²) in [6, 6.07) is 9.66. The minimum absolute atomic E-state index is 0.0735. The molecule has 0 unspecified atom stereocenters. The molecule has 0 spiro atoms. The average Bonchev–Trinajstić information content (AvgIpc) is 2.61. The predicted octanol–water partition coefficient (Wildman–Crippen LogP) is 2.06. The fourth-order valence-corrected chi connectivity index (χ4v) is 3.08. The standard InChI is InChI=1S/C18H24N4O2/c1-3-6-14-13-17(23)20-18(19-14)22-11-9-21(10-12-22)15-7-4-5-8-16(15)24-2/h4-5,7-8,13H,3,6,9-12H2,1-2H3,(H,19,20,23). The van der Waals surface area contributed by atoms with E-state index in [2.05, 4.69) is 32.8 Å². The van der Waals surface area contributed by atoms with E-state index in [9.17, 15) is 4.79 Å². The third-order valence-electron chi connectivity index (χ3n) is 4.29. The van der Waals surface area contributed by atoms with Gasteiger partial charge in [-0.2, -0.15) is 0 Å². The maximum atomic E-state index is 11.8. The maximum Gasteiger partial charge on any atom is 0.252 e. The van der Waals surface area contributed by atoms with Gasteiger partial charge in [-0.25, -0.2) is 4.98 Å². The molecule has 1 aromatic heterocycles. The van der Waals surface area contributed by atoms with Crippen LogP contribution >= 0.6 is 0 Å². The second-order valence-electron chi connectivity index (χ2n) is 5.96. The topological polar surface area (TPSA) is 61.5 Å². The molecule has 1 aliphatic heterocycles. The highest BCUT2D eigenvalue weighted by Gasteiger charge is 2.21. The number of ether oxygens (including phenoxy) is 1. The van der Waals surface area contributed by atoms with Gasteiger partial charge in [0.2, 0.25) is 5.95 Å². The molecule has 1 saturated heterocycles. The van der Waals surface area contributed by atoms with Crippen LogP contribution in [0.2, 0.25) is 0 Å². The quantitative estimate of drug-likeness (QED) is 0.910. The van der Waals surface area contributed by atoms with Gasteiger partial charge in [-0.15, -0.1) is 0 Å². The van der Waals surface area contributed by atoms with Crippen LogP contribution in [0.15, 0.2) is 35.1 Å². The number of hydrogen-bond donors (Lipinski definition) is 1. The average molecular weight is 328 g/mol. The van der Waals surface area contributed by atoms with Crippen molar-refractivity contribution in [3.05, 3.63) is 46.4 Å². The Balaban J connectivity index is 1.72. The van der Waals surface area contributed by atoms with Gasteiger partial charge >= 0.3 is 0 Å². The van der Waals surface area contributed by atoms with E-state index in [1.165, 1.54) is 0 Å². The Morgan fingerprint density at radius 2 is 1.88 bits per heavy atom. The van der Waals surface area contributed by atoms with Crippen LogP contribution in [0.1, 0.15) is 19.0 Å². The zero-order valence-electron chi connectivity index (χ0n) is 14.3. The fraction of sp³-hybridized carbons (Fsp3) is 0.444. The Bertz CT molecular complexity index is 736. The molecule has 3 rings (SSSR count). The third-order valence-corrected chi connectivity index (χ3v) is 4.29. The van der Waals surface area contributed by atoms with E-state index in [0.29, 0.717) is 5.95 Å². The monoisotopic (exact) mass is 328 g/mol. The van der Waals surface area contributed by atoms with Gasteiger partial charge in [0, 0.05) is 37.9 Å². The summed E-state index contributed by atoms with van der Waals surface area (Å²) in [6.45, 7) is 5.45. The van der Waals surface area contributed by atoms with Crippen molar-refractivity contribution in [3.63, 3.8) is 0 Å². The SMILES string of the molecule is CCCc1cc(=O)[nH]c(N2CCN(c3ccccc3OC)CC2)n1. The lowest BCUT2D eigenvalue weighted by molar-refractivity contribution is 0.413. The molecule has 1 N–H and O–H groups in total. The van der Waals surface area contributed by atoms with Gasteiger partial charge in [0.05, 0.1) is 12.8 Å². The summed E-state index contributed by atoms with van der Waals surface area (Å²) in [4.78, 5) is 23.8. The molecule has 0 aliphatic carbocycles. The van der Waals surface area contributed by atoms with Crippen molar-refractivity contribution in [2.75, 3.05) is 43.1 Å². The molecule has 1 aliphatic rings. The van der Waals surface area contributed by atoms with Gasteiger partial charge < -0.3 is 14.5 Å². The van der Waals surface area contributed by atoms with Gasteiger partial charge in [0.25, 0.3) is 5.56 Å². The molecular formula is C18H24N4O2. The van der Waals surface area contributed by atoms with Crippen molar-refractivity contribution < 1.29 is 4.74 Å². The molecule has 2 aromatic rings. The molecule has 0 amide bonds. The number of nitrogens with zero attached hydrogens (tertiary/aromatic N) is 3. The number of aryl methyl sites for hydroxylation is 1. The fourth-order valence-electron chi connectivity index (χ4n) is 3.08. The van der Waals surface area contributed by atoms with E-state index >= 15 is 0 Å². The minimum atomic E-state index is -0.0735. The maximum absolute atomic E-state index is 11.8. The van der Waals surface area contributed by atoms with Gasteiger partial charge in [0.1, 0.15) is 5.75 Å². The van der Waals surface area contributed by atoms with Gasteiger partial charge in [-0.1, -0.05) is 25.5 Å². The summed E-state index contributed by atoms with van der Waals surface area (Å²) in [5.41, 5.74) is 1.90. The van der Waals surface area contributed by atoms with Crippen molar-refractivity contribution in [2.24, 2.45) is 0 Å². The van der Waals surface area contributed by atoms with Crippen LogP contribution in [0, 0.1) is 0 Å². The number of aromatic amines is 1. The number of para-hydroxylation sites is 2. The first-order valence-corrected chi connectivity index (χ1v) is 8.44. The number of rotatable bonds is 5. The molecule has 2 heterocycles. The highest BCUT2D eigenvalue weighted by atomic mass is 16.5. The van der Waals surface area contributed by atoms with Crippen LogP contribution in [0.3, 0.4) is 0 Å². The number of H-pyrrole nitrogens is 1. The molecular weight excluding hydrogens is 304 g/mol. The molecule has 0 atom stereocenters. The lowest BCUT2D eigenvalue weighted by Gasteiger charge is -2.36.